The largest absolute Gasteiger partial charge is 0.388 e. The number of aliphatic hydroxyl groups is 1. The highest BCUT2D eigenvalue weighted by Crippen LogP contribution is 2.19. The first-order valence-corrected chi connectivity index (χ1v) is 3.74. The average molecular weight is 144 g/mol. The Morgan fingerprint density at radius 2 is 2.30 bits per heavy atom. The molecule has 0 spiro atoms. The van der Waals surface area contributed by atoms with E-state index in [0.29, 0.717) is 12.5 Å². The summed E-state index contributed by atoms with van der Waals surface area (Å²) in [6.07, 6.45) is 0. The van der Waals surface area contributed by atoms with Gasteiger partial charge in [-0.15, -0.1) is 0 Å². The van der Waals surface area contributed by atoms with Gasteiger partial charge < -0.3 is 15.7 Å². The summed E-state index contributed by atoms with van der Waals surface area (Å²) >= 11 is 0. The van der Waals surface area contributed by atoms with Gasteiger partial charge in [0.1, 0.15) is 0 Å². The predicted molar refractivity (Wildman–Crippen MR) is 40.9 cm³/mol. The fourth-order valence-electron chi connectivity index (χ4n) is 1.23. The van der Waals surface area contributed by atoms with E-state index in [1.54, 1.807) is 0 Å². The van der Waals surface area contributed by atoms with Crippen LogP contribution in [-0.4, -0.2) is 37.4 Å². The molecule has 0 aromatic rings. The van der Waals surface area contributed by atoms with Crippen LogP contribution >= 0.6 is 0 Å². The maximum absolute atomic E-state index is 9.73. The van der Waals surface area contributed by atoms with Gasteiger partial charge in [-0.2, -0.15) is 0 Å². The molecule has 1 atom stereocenters. The van der Waals surface area contributed by atoms with Gasteiger partial charge in [0, 0.05) is 25.6 Å². The summed E-state index contributed by atoms with van der Waals surface area (Å²) in [4.78, 5) is 0. The van der Waals surface area contributed by atoms with Crippen molar-refractivity contribution in [3.63, 3.8) is 0 Å². The lowest BCUT2D eigenvalue weighted by molar-refractivity contribution is -0.0200. The van der Waals surface area contributed by atoms with Crippen molar-refractivity contribution in [3.8, 4) is 0 Å². The van der Waals surface area contributed by atoms with Crippen LogP contribution in [0.25, 0.3) is 0 Å². The second-order valence-electron chi connectivity index (χ2n) is 3.24. The van der Waals surface area contributed by atoms with Gasteiger partial charge in [0.2, 0.25) is 0 Å². The second kappa shape index (κ2) is 2.86. The molecule has 0 amide bonds. The van der Waals surface area contributed by atoms with Gasteiger partial charge in [0.25, 0.3) is 0 Å². The summed E-state index contributed by atoms with van der Waals surface area (Å²) in [7, 11) is 1.86. The van der Waals surface area contributed by atoms with Crippen LogP contribution in [0, 0.1) is 5.92 Å². The number of hydrogen-bond donors (Lipinski definition) is 3. The van der Waals surface area contributed by atoms with Crippen LogP contribution in [0.1, 0.15) is 6.92 Å². The van der Waals surface area contributed by atoms with Crippen LogP contribution < -0.4 is 10.6 Å². The average Bonchev–Trinajstić information content (AvgIpc) is 1.56. The Morgan fingerprint density at radius 1 is 1.70 bits per heavy atom. The Balaban J connectivity index is 2.33. The standard InChI is InChI=1S/C7H16N2O/c1-7(10,5-8-2)6-3-9-4-6/h6,8-10H,3-5H2,1-2H3. The van der Waals surface area contributed by atoms with Gasteiger partial charge in [-0.05, 0) is 14.0 Å². The Labute approximate surface area is 61.8 Å². The van der Waals surface area contributed by atoms with Crippen molar-refractivity contribution in [2.75, 3.05) is 26.7 Å². The molecule has 1 unspecified atom stereocenters. The molecule has 0 saturated carbocycles. The monoisotopic (exact) mass is 144 g/mol. The summed E-state index contributed by atoms with van der Waals surface area (Å²) in [5.74, 6) is 0.431. The minimum Gasteiger partial charge on any atom is -0.388 e. The van der Waals surface area contributed by atoms with Crippen LogP contribution in [-0.2, 0) is 0 Å². The van der Waals surface area contributed by atoms with E-state index in [-0.39, 0.29) is 0 Å². The van der Waals surface area contributed by atoms with Crippen molar-refractivity contribution in [1.29, 1.82) is 0 Å². The minimum atomic E-state index is -0.528. The topological polar surface area (TPSA) is 44.3 Å². The SMILES string of the molecule is CNCC(C)(O)C1CNC1. The molecule has 3 N–H and O–H groups in total. The first-order chi connectivity index (χ1) is 4.67. The van der Waals surface area contributed by atoms with Crippen molar-refractivity contribution in [1.82, 2.24) is 10.6 Å². The Bertz CT molecular complexity index is 110. The first kappa shape index (κ1) is 7.98. The quantitative estimate of drug-likeness (QED) is 0.485. The molecule has 1 heterocycles. The van der Waals surface area contributed by atoms with Gasteiger partial charge in [0.05, 0.1) is 5.60 Å². The van der Waals surface area contributed by atoms with E-state index >= 15 is 0 Å². The lowest BCUT2D eigenvalue weighted by atomic mass is 9.84. The maximum atomic E-state index is 9.73. The van der Waals surface area contributed by atoms with E-state index in [2.05, 4.69) is 10.6 Å². The van der Waals surface area contributed by atoms with Gasteiger partial charge in [-0.3, -0.25) is 0 Å². The minimum absolute atomic E-state index is 0.431. The van der Waals surface area contributed by atoms with E-state index in [1.807, 2.05) is 14.0 Å². The molecule has 0 aromatic heterocycles. The highest BCUT2D eigenvalue weighted by molar-refractivity contribution is 4.91. The maximum Gasteiger partial charge on any atom is 0.0795 e. The highest BCUT2D eigenvalue weighted by Gasteiger charge is 2.35. The zero-order valence-electron chi connectivity index (χ0n) is 6.65. The molecule has 3 nitrogen and oxygen atoms in total. The zero-order valence-corrected chi connectivity index (χ0v) is 6.65. The van der Waals surface area contributed by atoms with Crippen LogP contribution in [0.4, 0.5) is 0 Å². The molecular formula is C7H16N2O. The number of hydrogen-bond acceptors (Lipinski definition) is 3. The molecule has 60 valence electrons. The molecule has 0 bridgehead atoms. The summed E-state index contributed by atoms with van der Waals surface area (Å²) in [5, 5.41) is 15.8. The highest BCUT2D eigenvalue weighted by atomic mass is 16.3. The Kier molecular flexibility index (Phi) is 2.28. The van der Waals surface area contributed by atoms with E-state index in [1.165, 1.54) is 0 Å². The van der Waals surface area contributed by atoms with E-state index in [9.17, 15) is 5.11 Å². The smallest absolute Gasteiger partial charge is 0.0795 e. The van der Waals surface area contributed by atoms with Crippen LogP contribution in [0.5, 0.6) is 0 Å². The van der Waals surface area contributed by atoms with E-state index < -0.39 is 5.60 Å². The van der Waals surface area contributed by atoms with Gasteiger partial charge >= 0.3 is 0 Å². The lowest BCUT2D eigenvalue weighted by Crippen LogP contribution is -2.57. The molecule has 1 saturated heterocycles. The normalized spacial score (nSPS) is 25.5. The molecule has 10 heavy (non-hydrogen) atoms. The van der Waals surface area contributed by atoms with Crippen molar-refractivity contribution in [2.45, 2.75) is 12.5 Å². The van der Waals surface area contributed by atoms with E-state index in [4.69, 9.17) is 0 Å². The summed E-state index contributed by atoms with van der Waals surface area (Å²) in [6.45, 7) is 4.47. The third-order valence-corrected chi connectivity index (χ3v) is 2.20. The molecule has 1 fully saturated rings. The van der Waals surface area contributed by atoms with Crippen molar-refractivity contribution in [2.24, 2.45) is 5.92 Å². The molecule has 0 aliphatic carbocycles. The third kappa shape index (κ3) is 1.48. The molecule has 0 radical (unpaired) electrons. The van der Waals surface area contributed by atoms with Crippen molar-refractivity contribution >= 4 is 0 Å². The molecule has 1 aliphatic heterocycles. The van der Waals surface area contributed by atoms with Crippen LogP contribution in [0.2, 0.25) is 0 Å². The Morgan fingerprint density at radius 3 is 2.60 bits per heavy atom. The second-order valence-corrected chi connectivity index (χ2v) is 3.24. The predicted octanol–water partition coefficient (Wildman–Crippen LogP) is -0.824. The fraction of sp³-hybridized carbons (Fsp3) is 1.00. The molecular weight excluding hydrogens is 128 g/mol. The van der Waals surface area contributed by atoms with Gasteiger partial charge in [0.15, 0.2) is 0 Å². The molecule has 3 heteroatoms. The van der Waals surface area contributed by atoms with Crippen LogP contribution in [0.3, 0.4) is 0 Å². The van der Waals surface area contributed by atoms with Crippen LogP contribution in [0.15, 0.2) is 0 Å². The summed E-state index contributed by atoms with van der Waals surface area (Å²) in [6, 6.07) is 0. The molecule has 1 aliphatic rings. The van der Waals surface area contributed by atoms with Crippen molar-refractivity contribution in [3.05, 3.63) is 0 Å². The van der Waals surface area contributed by atoms with Crippen molar-refractivity contribution < 1.29 is 5.11 Å². The van der Waals surface area contributed by atoms with Gasteiger partial charge in [-0.1, -0.05) is 0 Å². The molecule has 1 rings (SSSR count). The molecule has 0 aromatic carbocycles. The third-order valence-electron chi connectivity index (χ3n) is 2.20. The van der Waals surface area contributed by atoms with E-state index in [0.717, 1.165) is 13.1 Å². The summed E-state index contributed by atoms with van der Waals surface area (Å²) < 4.78 is 0. The summed E-state index contributed by atoms with van der Waals surface area (Å²) in [5.41, 5.74) is -0.528. The Hall–Kier alpha value is -0.120. The number of rotatable bonds is 3. The fourth-order valence-corrected chi connectivity index (χ4v) is 1.23. The lowest BCUT2D eigenvalue weighted by Gasteiger charge is -2.39. The van der Waals surface area contributed by atoms with Gasteiger partial charge in [-0.25, -0.2) is 0 Å². The number of likely N-dealkylation sites (N-methyl/N-ethyl adjacent to an activating group) is 1. The zero-order chi connectivity index (χ0) is 7.61. The first-order valence-electron chi connectivity index (χ1n) is 3.74. The number of nitrogens with one attached hydrogen (secondary N) is 2.